The maximum atomic E-state index is 11.9. The minimum Gasteiger partial charge on any atom is -0.368 e. The van der Waals surface area contributed by atoms with Crippen LogP contribution in [0.5, 0.6) is 0 Å². The van der Waals surface area contributed by atoms with Crippen LogP contribution in [-0.4, -0.2) is 25.0 Å². The fourth-order valence-electron chi connectivity index (χ4n) is 1.77. The van der Waals surface area contributed by atoms with Crippen LogP contribution in [0.3, 0.4) is 0 Å². The Morgan fingerprint density at radius 2 is 2.21 bits per heavy atom. The summed E-state index contributed by atoms with van der Waals surface area (Å²) in [6.07, 6.45) is 4.09. The van der Waals surface area contributed by atoms with Crippen LogP contribution < -0.4 is 0 Å². The first kappa shape index (κ1) is 12.5. The lowest BCUT2D eigenvalue weighted by Crippen LogP contribution is -2.52. The lowest BCUT2D eigenvalue weighted by atomic mass is 10.0. The fourth-order valence-corrected chi connectivity index (χ4v) is 4.59. The molecule has 1 fully saturated rings. The number of rotatable bonds is 4. The first-order valence-corrected chi connectivity index (χ1v) is 9.16. The predicted molar refractivity (Wildman–Crippen MR) is 61.3 cm³/mol. The van der Waals surface area contributed by atoms with Crippen molar-refractivity contribution in [3.63, 3.8) is 0 Å². The van der Waals surface area contributed by atoms with Crippen LogP contribution >= 0.6 is 22.2 Å². The van der Waals surface area contributed by atoms with Crippen molar-refractivity contribution >= 4 is 35.4 Å². The van der Waals surface area contributed by atoms with Crippen LogP contribution in [-0.2, 0) is 9.53 Å². The van der Waals surface area contributed by atoms with Gasteiger partial charge in [0.05, 0.1) is 0 Å². The fraction of sp³-hybridized carbons (Fsp3) is 0.889. The third-order valence-electron chi connectivity index (χ3n) is 2.60. The molecule has 2 nitrogen and oxygen atoms in total. The number of halogens is 2. The average molecular weight is 255 g/mol. The molecule has 0 aromatic rings. The SMILES string of the molecule is CCCC(=O)C1([SiH](Cl)Cl)CCCCO1. The van der Waals surface area contributed by atoms with Gasteiger partial charge in [0.15, 0.2) is 5.78 Å². The zero-order chi connectivity index (χ0) is 10.6. The molecule has 0 saturated carbocycles. The summed E-state index contributed by atoms with van der Waals surface area (Å²) in [6.45, 7) is 2.60. The quantitative estimate of drug-likeness (QED) is 0.570. The van der Waals surface area contributed by atoms with Crippen molar-refractivity contribution in [1.29, 1.82) is 0 Å². The van der Waals surface area contributed by atoms with Crippen molar-refractivity contribution in [1.82, 2.24) is 0 Å². The van der Waals surface area contributed by atoms with E-state index in [1.165, 1.54) is 0 Å². The van der Waals surface area contributed by atoms with Gasteiger partial charge in [-0.25, -0.2) is 0 Å². The van der Waals surface area contributed by atoms with Crippen molar-refractivity contribution in [2.45, 2.75) is 44.3 Å². The third kappa shape index (κ3) is 2.51. The van der Waals surface area contributed by atoms with Crippen LogP contribution in [0.1, 0.15) is 39.0 Å². The topological polar surface area (TPSA) is 26.3 Å². The lowest BCUT2D eigenvalue weighted by Gasteiger charge is -2.36. The van der Waals surface area contributed by atoms with E-state index >= 15 is 0 Å². The van der Waals surface area contributed by atoms with E-state index in [0.717, 1.165) is 25.7 Å². The van der Waals surface area contributed by atoms with E-state index in [4.69, 9.17) is 26.9 Å². The minimum atomic E-state index is -2.10. The Labute approximate surface area is 95.9 Å². The summed E-state index contributed by atoms with van der Waals surface area (Å²) in [5.41, 5.74) is 0. The molecule has 0 amide bonds. The molecule has 1 rings (SSSR count). The van der Waals surface area contributed by atoms with Gasteiger partial charge in [-0.05, 0) is 25.7 Å². The zero-order valence-electron chi connectivity index (χ0n) is 8.39. The Kier molecular flexibility index (Phi) is 4.90. The first-order valence-electron chi connectivity index (χ1n) is 5.09. The van der Waals surface area contributed by atoms with E-state index in [-0.39, 0.29) is 5.78 Å². The van der Waals surface area contributed by atoms with Crippen LogP contribution in [0.15, 0.2) is 0 Å². The normalized spacial score (nSPS) is 28.0. The van der Waals surface area contributed by atoms with Crippen LogP contribution in [0, 0.1) is 0 Å². The molecule has 0 aromatic heterocycles. The monoisotopic (exact) mass is 254 g/mol. The number of carbonyl (C=O) groups is 1. The molecule has 14 heavy (non-hydrogen) atoms. The Balaban J connectivity index is 2.74. The van der Waals surface area contributed by atoms with Gasteiger partial charge in [0, 0.05) is 13.0 Å². The molecule has 0 N–H and O–H groups in total. The van der Waals surface area contributed by atoms with Crippen LogP contribution in [0.2, 0.25) is 0 Å². The maximum Gasteiger partial charge on any atom is 0.276 e. The van der Waals surface area contributed by atoms with Gasteiger partial charge in [-0.1, -0.05) is 6.92 Å². The van der Waals surface area contributed by atoms with Gasteiger partial charge in [0.2, 0.25) is 0 Å². The molecule has 1 heterocycles. The van der Waals surface area contributed by atoms with Gasteiger partial charge in [-0.2, -0.15) is 0 Å². The number of hydrogen-bond donors (Lipinski definition) is 0. The maximum absolute atomic E-state index is 11.9. The van der Waals surface area contributed by atoms with Gasteiger partial charge in [0.25, 0.3) is 7.42 Å². The van der Waals surface area contributed by atoms with Gasteiger partial charge >= 0.3 is 0 Å². The second-order valence-electron chi connectivity index (χ2n) is 3.67. The Bertz CT molecular complexity index is 203. The second-order valence-corrected chi connectivity index (χ2v) is 8.49. The van der Waals surface area contributed by atoms with E-state index in [1.54, 1.807) is 0 Å². The van der Waals surface area contributed by atoms with E-state index in [9.17, 15) is 4.79 Å². The molecule has 0 aliphatic carbocycles. The summed E-state index contributed by atoms with van der Waals surface area (Å²) in [7, 11) is -2.10. The standard InChI is InChI=1S/C9H16Cl2O2Si/c1-2-5-8(12)9(14(10)11)6-3-4-7-13-9/h14H,2-7H2,1H3. The van der Waals surface area contributed by atoms with Crippen molar-refractivity contribution in [2.24, 2.45) is 0 Å². The molecule has 0 bridgehead atoms. The lowest BCUT2D eigenvalue weighted by molar-refractivity contribution is -0.138. The number of carbonyl (C=O) groups excluding carboxylic acids is 1. The van der Waals surface area contributed by atoms with Gasteiger partial charge in [-0.15, -0.1) is 22.2 Å². The largest absolute Gasteiger partial charge is 0.368 e. The third-order valence-corrected chi connectivity index (χ3v) is 6.20. The highest BCUT2D eigenvalue weighted by Crippen LogP contribution is 2.33. The number of ketones is 1. The van der Waals surface area contributed by atoms with E-state index in [1.807, 2.05) is 6.92 Å². The molecule has 0 aromatic carbocycles. The summed E-state index contributed by atoms with van der Waals surface area (Å²) >= 11 is 12.0. The summed E-state index contributed by atoms with van der Waals surface area (Å²) in [5.74, 6) is 0.112. The van der Waals surface area contributed by atoms with E-state index < -0.39 is 12.6 Å². The average Bonchev–Trinajstić information content (AvgIpc) is 2.19. The van der Waals surface area contributed by atoms with Crippen molar-refractivity contribution in [3.05, 3.63) is 0 Å². The number of Topliss-reactive ketones (excluding diaryl/α,β-unsaturated/α-hetero) is 1. The number of ether oxygens (including phenoxy) is 1. The van der Waals surface area contributed by atoms with Gasteiger partial charge in [-0.3, -0.25) is 4.79 Å². The summed E-state index contributed by atoms with van der Waals surface area (Å²) in [4.78, 5) is 11.9. The molecule has 82 valence electrons. The molecule has 1 aliphatic rings. The molecular weight excluding hydrogens is 239 g/mol. The van der Waals surface area contributed by atoms with Gasteiger partial charge < -0.3 is 4.74 Å². The van der Waals surface area contributed by atoms with E-state index in [0.29, 0.717) is 13.0 Å². The van der Waals surface area contributed by atoms with Crippen LogP contribution in [0.25, 0.3) is 0 Å². The smallest absolute Gasteiger partial charge is 0.276 e. The molecule has 1 aliphatic heterocycles. The van der Waals surface area contributed by atoms with Gasteiger partial charge in [0.1, 0.15) is 5.22 Å². The molecule has 1 unspecified atom stereocenters. The highest BCUT2D eigenvalue weighted by atomic mass is 35.7. The minimum absolute atomic E-state index is 0.112. The Hall–Kier alpha value is 0.427. The zero-order valence-corrected chi connectivity index (χ0v) is 11.1. The molecule has 0 spiro atoms. The highest BCUT2D eigenvalue weighted by Gasteiger charge is 2.46. The first-order chi connectivity index (χ1) is 6.63. The molecule has 5 heteroatoms. The second kappa shape index (κ2) is 5.49. The Morgan fingerprint density at radius 1 is 1.50 bits per heavy atom. The highest BCUT2D eigenvalue weighted by molar-refractivity contribution is 7.35. The molecule has 1 saturated heterocycles. The van der Waals surface area contributed by atoms with E-state index in [2.05, 4.69) is 0 Å². The summed E-state index contributed by atoms with van der Waals surface area (Å²) in [6, 6.07) is 0. The Morgan fingerprint density at radius 3 is 2.64 bits per heavy atom. The molecular formula is C9H16Cl2O2Si. The van der Waals surface area contributed by atoms with Crippen molar-refractivity contribution < 1.29 is 9.53 Å². The van der Waals surface area contributed by atoms with Crippen molar-refractivity contribution in [2.75, 3.05) is 6.61 Å². The van der Waals surface area contributed by atoms with Crippen LogP contribution in [0.4, 0.5) is 0 Å². The summed E-state index contributed by atoms with van der Waals surface area (Å²) < 4.78 is 5.59. The van der Waals surface area contributed by atoms with Crippen molar-refractivity contribution in [3.8, 4) is 0 Å². The predicted octanol–water partition coefficient (Wildman–Crippen LogP) is 2.53. The molecule has 1 atom stereocenters. The summed E-state index contributed by atoms with van der Waals surface area (Å²) in [5, 5.41) is -0.780. The number of hydrogen-bond acceptors (Lipinski definition) is 2. The molecule has 0 radical (unpaired) electrons.